The Hall–Kier alpha value is -1.39. The Bertz CT molecular complexity index is 290. The van der Waals surface area contributed by atoms with E-state index < -0.39 is 6.03 Å². The first-order valence-electron chi connectivity index (χ1n) is 4.84. The zero-order valence-corrected chi connectivity index (χ0v) is 7.80. The van der Waals surface area contributed by atoms with E-state index in [1.54, 1.807) is 0 Å². The number of fused-ring (bicyclic) bond motifs is 1. The van der Waals surface area contributed by atoms with E-state index in [1.807, 2.05) is 0 Å². The highest BCUT2D eigenvalue weighted by atomic mass is 16.3. The fourth-order valence-corrected chi connectivity index (χ4v) is 2.31. The Labute approximate surface area is 81.9 Å². The number of amides is 2. The fraction of sp³-hybridized carbons (Fsp3) is 0.667. The van der Waals surface area contributed by atoms with E-state index in [0.717, 1.165) is 24.3 Å². The third-order valence-corrected chi connectivity index (χ3v) is 3.05. The molecule has 0 heterocycles. The Morgan fingerprint density at radius 2 is 2.36 bits per heavy atom. The molecule has 0 unspecified atom stereocenters. The molecule has 0 aromatic rings. The molecular weight excluding hydrogens is 182 g/mol. The molecule has 0 radical (unpaired) electrons. The van der Waals surface area contributed by atoms with E-state index in [-0.39, 0.29) is 6.04 Å². The monoisotopic (exact) mass is 195 g/mol. The van der Waals surface area contributed by atoms with E-state index >= 15 is 0 Å². The lowest BCUT2D eigenvalue weighted by Gasteiger charge is -2.09. The summed E-state index contributed by atoms with van der Waals surface area (Å²) in [5, 5.41) is 3.56. The van der Waals surface area contributed by atoms with Crippen molar-refractivity contribution in [3.05, 3.63) is 17.1 Å². The van der Waals surface area contributed by atoms with Crippen LogP contribution in [0.5, 0.6) is 0 Å². The number of hydrogen-bond donors (Lipinski definition) is 1. The largest absolute Gasteiger partial charge is 0.350 e. The van der Waals surface area contributed by atoms with Crippen LogP contribution in [0.1, 0.15) is 19.3 Å². The number of rotatable bonds is 2. The average Bonchev–Trinajstić information content (AvgIpc) is 2.82. The number of urea groups is 1. The van der Waals surface area contributed by atoms with Crippen LogP contribution in [0.25, 0.3) is 0 Å². The Balaban J connectivity index is 2.07. The minimum Gasteiger partial charge on any atom is -0.350 e. The molecule has 2 rings (SSSR count). The van der Waals surface area contributed by atoms with E-state index in [2.05, 4.69) is 17.4 Å². The van der Waals surface area contributed by atoms with Crippen LogP contribution in [-0.4, -0.2) is 17.1 Å². The number of nitrogens with zero attached hydrogens (tertiary/aromatic N) is 2. The number of carbonyl (C=O) groups excluding carboxylic acids is 1. The fourth-order valence-electron chi connectivity index (χ4n) is 2.31. The predicted octanol–water partition coefficient (Wildman–Crippen LogP) is 1.40. The minimum atomic E-state index is -0.744. The third kappa shape index (κ3) is 1.38. The van der Waals surface area contributed by atoms with Crippen LogP contribution in [0.2, 0.25) is 0 Å². The molecule has 76 valence electrons. The Kier molecular flexibility index (Phi) is 2.23. The van der Waals surface area contributed by atoms with Crippen molar-refractivity contribution in [2.45, 2.75) is 25.3 Å². The third-order valence-electron chi connectivity index (χ3n) is 3.05. The second-order valence-corrected chi connectivity index (χ2v) is 3.86. The first kappa shape index (κ1) is 9.18. The molecule has 0 bridgehead atoms. The average molecular weight is 195 g/mol. The van der Waals surface area contributed by atoms with E-state index in [1.165, 1.54) is 0 Å². The Morgan fingerprint density at radius 1 is 1.57 bits per heavy atom. The van der Waals surface area contributed by atoms with Gasteiger partial charge in [0, 0.05) is 5.92 Å². The van der Waals surface area contributed by atoms with Gasteiger partial charge in [-0.3, -0.25) is 0 Å². The van der Waals surface area contributed by atoms with Gasteiger partial charge in [-0.15, -0.1) is 4.91 Å². The molecular formula is C9H13N3O2. The lowest BCUT2D eigenvalue weighted by Crippen LogP contribution is -2.34. The summed E-state index contributed by atoms with van der Waals surface area (Å²) in [6, 6.07) is -0.826. The number of primary amides is 1. The van der Waals surface area contributed by atoms with Gasteiger partial charge in [0.1, 0.15) is 0 Å². The molecule has 0 saturated heterocycles. The van der Waals surface area contributed by atoms with Crippen molar-refractivity contribution in [3.63, 3.8) is 0 Å². The maximum atomic E-state index is 10.9. The predicted molar refractivity (Wildman–Crippen MR) is 51.0 cm³/mol. The van der Waals surface area contributed by atoms with Gasteiger partial charge in [0.15, 0.2) is 0 Å². The highest BCUT2D eigenvalue weighted by molar-refractivity contribution is 5.72. The van der Waals surface area contributed by atoms with Crippen LogP contribution in [0.4, 0.5) is 4.79 Å². The van der Waals surface area contributed by atoms with Gasteiger partial charge in [-0.1, -0.05) is 12.2 Å². The maximum Gasteiger partial charge on any atom is 0.338 e. The van der Waals surface area contributed by atoms with Gasteiger partial charge in [-0.2, -0.15) is 5.01 Å². The van der Waals surface area contributed by atoms with Crippen molar-refractivity contribution in [3.8, 4) is 0 Å². The van der Waals surface area contributed by atoms with Gasteiger partial charge in [0.25, 0.3) is 0 Å². The molecule has 5 nitrogen and oxygen atoms in total. The highest BCUT2D eigenvalue weighted by Gasteiger charge is 2.54. The number of hydrogen-bond acceptors (Lipinski definition) is 3. The summed E-state index contributed by atoms with van der Waals surface area (Å²) in [5.74, 6) is 0.682. The van der Waals surface area contributed by atoms with Gasteiger partial charge in [-0.25, -0.2) is 4.79 Å². The summed E-state index contributed by atoms with van der Waals surface area (Å²) < 4.78 is 0. The molecule has 1 saturated carbocycles. The van der Waals surface area contributed by atoms with E-state index in [4.69, 9.17) is 5.73 Å². The molecule has 2 aliphatic carbocycles. The van der Waals surface area contributed by atoms with E-state index in [0.29, 0.717) is 11.8 Å². The van der Waals surface area contributed by atoms with Crippen LogP contribution in [-0.2, 0) is 0 Å². The number of nitroso groups, excluding NO2 is 1. The molecule has 3 atom stereocenters. The smallest absolute Gasteiger partial charge is 0.338 e. The summed E-state index contributed by atoms with van der Waals surface area (Å²) >= 11 is 0. The molecule has 0 aromatic carbocycles. The molecule has 2 aliphatic rings. The molecule has 1 fully saturated rings. The van der Waals surface area contributed by atoms with Gasteiger partial charge < -0.3 is 5.73 Å². The zero-order chi connectivity index (χ0) is 10.1. The number of nitrogens with two attached hydrogens (primary N) is 1. The molecule has 0 aromatic heterocycles. The van der Waals surface area contributed by atoms with Crippen LogP contribution in [0.15, 0.2) is 17.4 Å². The molecule has 14 heavy (non-hydrogen) atoms. The summed E-state index contributed by atoms with van der Waals surface area (Å²) in [5.41, 5.74) is 5.05. The van der Waals surface area contributed by atoms with Crippen molar-refractivity contribution < 1.29 is 4.79 Å². The quantitative estimate of drug-likeness (QED) is 0.411. The van der Waals surface area contributed by atoms with Gasteiger partial charge in [-0.05, 0) is 25.2 Å². The minimum absolute atomic E-state index is 0.0819. The molecule has 2 amide bonds. The van der Waals surface area contributed by atoms with Gasteiger partial charge in [0.2, 0.25) is 0 Å². The summed E-state index contributed by atoms with van der Waals surface area (Å²) in [6.07, 6.45) is 7.42. The van der Waals surface area contributed by atoms with Crippen LogP contribution in [0, 0.1) is 16.7 Å². The van der Waals surface area contributed by atoms with Crippen molar-refractivity contribution in [2.24, 2.45) is 22.9 Å². The van der Waals surface area contributed by atoms with Crippen molar-refractivity contribution in [2.75, 3.05) is 0 Å². The van der Waals surface area contributed by atoms with Gasteiger partial charge >= 0.3 is 6.03 Å². The first-order chi connectivity index (χ1) is 6.75. The first-order valence-corrected chi connectivity index (χ1v) is 4.84. The van der Waals surface area contributed by atoms with Crippen LogP contribution < -0.4 is 5.73 Å². The number of allylic oxidation sites excluding steroid dienone is 1. The van der Waals surface area contributed by atoms with E-state index in [9.17, 15) is 9.70 Å². The summed E-state index contributed by atoms with van der Waals surface area (Å²) in [7, 11) is 0. The second kappa shape index (κ2) is 3.40. The van der Waals surface area contributed by atoms with Gasteiger partial charge in [0.05, 0.1) is 11.3 Å². The number of carbonyl (C=O) groups is 1. The maximum absolute atomic E-state index is 10.9. The lowest BCUT2D eigenvalue weighted by molar-refractivity contribution is 0.201. The molecule has 0 spiro atoms. The van der Waals surface area contributed by atoms with Crippen molar-refractivity contribution in [1.29, 1.82) is 0 Å². The van der Waals surface area contributed by atoms with Crippen molar-refractivity contribution >= 4 is 6.03 Å². The van der Waals surface area contributed by atoms with Crippen LogP contribution in [0.3, 0.4) is 0 Å². The summed E-state index contributed by atoms with van der Waals surface area (Å²) in [4.78, 5) is 21.3. The second-order valence-electron chi connectivity index (χ2n) is 3.86. The molecule has 0 aliphatic heterocycles. The summed E-state index contributed by atoms with van der Waals surface area (Å²) in [6.45, 7) is 0. The topological polar surface area (TPSA) is 75.8 Å². The SMILES string of the molecule is NC(=O)N(N=O)[C@@H]1[C@H]2C=CCCC[C@H]21. The molecule has 2 N–H and O–H groups in total. The molecule has 5 heteroatoms. The highest BCUT2D eigenvalue weighted by Crippen LogP contribution is 2.49. The standard InChI is InChI=1S/C9H13N3O2/c10-9(13)12(11-14)8-6-4-2-1-3-5-7(6)8/h2,4,6-8H,1,3,5H2,(H2,10,13)/t6-,7+,8+/m0/s1. The van der Waals surface area contributed by atoms with Crippen LogP contribution >= 0.6 is 0 Å². The lowest BCUT2D eigenvalue weighted by atomic mass is 10.2. The van der Waals surface area contributed by atoms with Crippen molar-refractivity contribution in [1.82, 2.24) is 5.01 Å². The Morgan fingerprint density at radius 3 is 3.00 bits per heavy atom. The zero-order valence-electron chi connectivity index (χ0n) is 7.80. The normalized spacial score (nSPS) is 34.1.